The number of halogens is 2. The minimum Gasteiger partial charge on any atom is -0.461 e. The Morgan fingerprint density at radius 3 is 2.29 bits per heavy atom. The molecule has 8 heteroatoms. The number of oxime groups is 1. The van der Waals surface area contributed by atoms with Crippen molar-refractivity contribution in [1.29, 1.82) is 0 Å². The van der Waals surface area contributed by atoms with Gasteiger partial charge in [-0.05, 0) is 6.92 Å². The molecule has 0 fully saturated rings. The van der Waals surface area contributed by atoms with Gasteiger partial charge in [-0.2, -0.15) is 0 Å². The third-order valence-electron chi connectivity index (χ3n) is 1.47. The standard InChI is InChI=1S/C9H13F2NO5/c1-4-16-9(14)6(12-15-3)7(8(10)11)17-5(2)13/h7-8H,4H2,1-3H3/b12-6-/t7-/m1/s1. The smallest absolute Gasteiger partial charge is 0.360 e. The average Bonchev–Trinajstić information content (AvgIpc) is 2.22. The van der Waals surface area contributed by atoms with E-state index in [0.717, 1.165) is 14.0 Å². The molecule has 0 aliphatic rings. The van der Waals surface area contributed by atoms with Crippen LogP contribution < -0.4 is 0 Å². The Kier molecular flexibility index (Phi) is 6.76. The molecule has 0 amide bonds. The summed E-state index contributed by atoms with van der Waals surface area (Å²) in [4.78, 5) is 26.2. The molecule has 0 saturated heterocycles. The SMILES string of the molecule is CCOC(=O)/C(=N\OC)[C@@H](OC(C)=O)C(F)F. The summed E-state index contributed by atoms with van der Waals surface area (Å²) in [5, 5.41) is 3.10. The molecular formula is C9H13F2NO5. The van der Waals surface area contributed by atoms with Gasteiger partial charge in [-0.25, -0.2) is 13.6 Å². The van der Waals surface area contributed by atoms with E-state index in [1.54, 1.807) is 0 Å². The van der Waals surface area contributed by atoms with Crippen LogP contribution in [0.5, 0.6) is 0 Å². The molecule has 17 heavy (non-hydrogen) atoms. The van der Waals surface area contributed by atoms with Crippen molar-refractivity contribution in [2.45, 2.75) is 26.4 Å². The van der Waals surface area contributed by atoms with Crippen molar-refractivity contribution < 1.29 is 32.7 Å². The van der Waals surface area contributed by atoms with Gasteiger partial charge in [0.15, 0.2) is 0 Å². The van der Waals surface area contributed by atoms with Crippen LogP contribution in [0.25, 0.3) is 0 Å². The lowest BCUT2D eigenvalue weighted by atomic mass is 10.2. The maximum absolute atomic E-state index is 12.6. The first-order chi connectivity index (χ1) is 7.93. The highest BCUT2D eigenvalue weighted by Gasteiger charge is 2.35. The quantitative estimate of drug-likeness (QED) is 0.396. The number of esters is 2. The second kappa shape index (κ2) is 7.53. The molecule has 98 valence electrons. The van der Waals surface area contributed by atoms with E-state index in [4.69, 9.17) is 0 Å². The van der Waals surface area contributed by atoms with E-state index in [0.29, 0.717) is 0 Å². The average molecular weight is 253 g/mol. The number of hydrogen-bond donors (Lipinski definition) is 0. The molecule has 0 aromatic heterocycles. The molecular weight excluding hydrogens is 240 g/mol. The van der Waals surface area contributed by atoms with Gasteiger partial charge >= 0.3 is 11.9 Å². The van der Waals surface area contributed by atoms with E-state index in [1.165, 1.54) is 6.92 Å². The summed E-state index contributed by atoms with van der Waals surface area (Å²) < 4.78 is 34.0. The molecule has 6 nitrogen and oxygen atoms in total. The van der Waals surface area contributed by atoms with Gasteiger partial charge in [0.05, 0.1) is 6.61 Å². The first kappa shape index (κ1) is 15.3. The maximum Gasteiger partial charge on any atom is 0.360 e. The number of carbonyl (C=O) groups excluding carboxylic acids is 2. The van der Waals surface area contributed by atoms with Crippen LogP contribution in [0.1, 0.15) is 13.8 Å². The molecule has 0 radical (unpaired) electrons. The minimum atomic E-state index is -3.11. The molecule has 0 bridgehead atoms. The Balaban J connectivity index is 5.03. The number of alkyl halides is 2. The second-order valence-corrected chi connectivity index (χ2v) is 2.74. The Labute approximate surface area is 96.5 Å². The van der Waals surface area contributed by atoms with Crippen LogP contribution in [0.15, 0.2) is 5.16 Å². The molecule has 1 atom stereocenters. The predicted octanol–water partition coefficient (Wildman–Crippen LogP) is 0.749. The monoisotopic (exact) mass is 253 g/mol. The zero-order valence-electron chi connectivity index (χ0n) is 9.61. The van der Waals surface area contributed by atoms with Crippen molar-refractivity contribution in [3.05, 3.63) is 0 Å². The van der Waals surface area contributed by atoms with E-state index in [9.17, 15) is 18.4 Å². The van der Waals surface area contributed by atoms with E-state index in [-0.39, 0.29) is 6.61 Å². The summed E-state index contributed by atoms with van der Waals surface area (Å²) >= 11 is 0. The molecule has 0 aliphatic carbocycles. The van der Waals surface area contributed by atoms with Crippen LogP contribution in [0.4, 0.5) is 8.78 Å². The highest BCUT2D eigenvalue weighted by Crippen LogP contribution is 2.10. The third kappa shape index (κ3) is 5.23. The number of nitrogens with zero attached hydrogens (tertiary/aromatic N) is 1. The Hall–Kier alpha value is -1.73. The van der Waals surface area contributed by atoms with Gasteiger partial charge in [0, 0.05) is 6.92 Å². The summed E-state index contributed by atoms with van der Waals surface area (Å²) in [6.45, 7) is 2.40. The van der Waals surface area contributed by atoms with Crippen molar-refractivity contribution >= 4 is 17.7 Å². The normalized spacial score (nSPS) is 13.2. The molecule has 0 N–H and O–H groups in total. The largest absolute Gasteiger partial charge is 0.461 e. The van der Waals surface area contributed by atoms with Crippen molar-refractivity contribution in [1.82, 2.24) is 0 Å². The molecule has 0 aliphatic heterocycles. The van der Waals surface area contributed by atoms with Crippen LogP contribution in [0.2, 0.25) is 0 Å². The first-order valence-corrected chi connectivity index (χ1v) is 4.67. The Morgan fingerprint density at radius 1 is 1.35 bits per heavy atom. The zero-order chi connectivity index (χ0) is 13.4. The lowest BCUT2D eigenvalue weighted by molar-refractivity contribution is -0.150. The lowest BCUT2D eigenvalue weighted by Crippen LogP contribution is -2.39. The van der Waals surface area contributed by atoms with Crippen molar-refractivity contribution in [2.24, 2.45) is 5.16 Å². The van der Waals surface area contributed by atoms with Crippen LogP contribution in [-0.2, 0) is 23.9 Å². The predicted molar refractivity (Wildman–Crippen MR) is 52.6 cm³/mol. The Morgan fingerprint density at radius 2 is 1.94 bits per heavy atom. The fourth-order valence-electron chi connectivity index (χ4n) is 0.914. The van der Waals surface area contributed by atoms with Gasteiger partial charge in [0.2, 0.25) is 11.8 Å². The van der Waals surface area contributed by atoms with Gasteiger partial charge in [0.25, 0.3) is 6.43 Å². The summed E-state index contributed by atoms with van der Waals surface area (Å²) in [5.74, 6) is -2.09. The molecule has 0 unspecified atom stereocenters. The minimum absolute atomic E-state index is 0.0302. The molecule has 0 heterocycles. The van der Waals surface area contributed by atoms with Crippen molar-refractivity contribution in [2.75, 3.05) is 13.7 Å². The summed E-state index contributed by atoms with van der Waals surface area (Å²) in [5.41, 5.74) is -0.792. The van der Waals surface area contributed by atoms with Crippen LogP contribution in [0, 0.1) is 0 Å². The molecule has 0 rings (SSSR count). The number of hydrogen-bond acceptors (Lipinski definition) is 6. The summed E-state index contributed by atoms with van der Waals surface area (Å²) in [6, 6.07) is 0. The highest BCUT2D eigenvalue weighted by molar-refractivity contribution is 6.38. The van der Waals surface area contributed by atoms with Crippen LogP contribution >= 0.6 is 0 Å². The van der Waals surface area contributed by atoms with E-state index in [2.05, 4.69) is 19.5 Å². The van der Waals surface area contributed by atoms with E-state index >= 15 is 0 Å². The lowest BCUT2D eigenvalue weighted by Gasteiger charge is -2.16. The van der Waals surface area contributed by atoms with Crippen molar-refractivity contribution in [3.63, 3.8) is 0 Å². The molecule has 0 spiro atoms. The number of carbonyl (C=O) groups is 2. The van der Waals surface area contributed by atoms with Gasteiger partial charge in [-0.15, -0.1) is 0 Å². The van der Waals surface area contributed by atoms with E-state index < -0.39 is 30.2 Å². The number of rotatable bonds is 6. The summed E-state index contributed by atoms with van der Waals surface area (Å²) in [7, 11) is 1.07. The first-order valence-electron chi connectivity index (χ1n) is 4.67. The van der Waals surface area contributed by atoms with Gasteiger partial charge in [-0.3, -0.25) is 4.79 Å². The second-order valence-electron chi connectivity index (χ2n) is 2.74. The number of ether oxygens (including phenoxy) is 2. The third-order valence-corrected chi connectivity index (χ3v) is 1.47. The zero-order valence-corrected chi connectivity index (χ0v) is 9.61. The fraction of sp³-hybridized carbons (Fsp3) is 0.667. The highest BCUT2D eigenvalue weighted by atomic mass is 19.3. The molecule has 0 saturated carbocycles. The van der Waals surface area contributed by atoms with Gasteiger partial charge in [0.1, 0.15) is 7.11 Å². The molecule has 0 aromatic carbocycles. The maximum atomic E-state index is 12.6. The summed E-state index contributed by atoms with van der Waals surface area (Å²) in [6.07, 6.45) is -5.22. The topological polar surface area (TPSA) is 74.2 Å². The fourth-order valence-corrected chi connectivity index (χ4v) is 0.914. The van der Waals surface area contributed by atoms with Crippen molar-refractivity contribution in [3.8, 4) is 0 Å². The van der Waals surface area contributed by atoms with Crippen LogP contribution in [-0.4, -0.2) is 43.9 Å². The molecule has 0 aromatic rings. The van der Waals surface area contributed by atoms with Gasteiger partial charge < -0.3 is 14.3 Å². The van der Waals surface area contributed by atoms with Crippen LogP contribution in [0.3, 0.4) is 0 Å². The Bertz CT molecular complexity index is 306. The van der Waals surface area contributed by atoms with Gasteiger partial charge in [-0.1, -0.05) is 5.16 Å². The van der Waals surface area contributed by atoms with E-state index in [1.807, 2.05) is 0 Å².